The minimum Gasteiger partial charge on any atom is -0.391 e. The maximum absolute atomic E-state index is 9.62. The summed E-state index contributed by atoms with van der Waals surface area (Å²) in [6.07, 6.45) is 1.53. The van der Waals surface area contributed by atoms with Gasteiger partial charge in [0, 0.05) is 11.1 Å². The number of benzene rings is 1. The second kappa shape index (κ2) is 4.30. The molecule has 0 saturated carbocycles. The van der Waals surface area contributed by atoms with E-state index < -0.39 is 0 Å². The molecule has 2 unspecified atom stereocenters. The van der Waals surface area contributed by atoms with Gasteiger partial charge in [0.2, 0.25) is 0 Å². The van der Waals surface area contributed by atoms with E-state index >= 15 is 0 Å². The van der Waals surface area contributed by atoms with E-state index in [0.29, 0.717) is 0 Å². The number of aliphatic hydroxyl groups excluding tert-OH is 1. The first-order valence-corrected chi connectivity index (χ1v) is 5.29. The van der Waals surface area contributed by atoms with E-state index in [4.69, 9.17) is 11.6 Å². The molecule has 1 aromatic carbocycles. The first-order chi connectivity index (χ1) is 6.75. The van der Waals surface area contributed by atoms with Gasteiger partial charge >= 0.3 is 0 Å². The zero-order valence-corrected chi connectivity index (χ0v) is 8.67. The Balaban J connectivity index is 2.00. The molecule has 0 spiro atoms. The molecule has 3 heteroatoms. The lowest BCUT2D eigenvalue weighted by Crippen LogP contribution is -2.32. The number of halogens is 1. The van der Waals surface area contributed by atoms with Crippen LogP contribution in [0, 0.1) is 0 Å². The summed E-state index contributed by atoms with van der Waals surface area (Å²) in [5, 5.41) is 13.7. The Kier molecular flexibility index (Phi) is 3.06. The Labute approximate surface area is 88.9 Å². The van der Waals surface area contributed by atoms with Crippen molar-refractivity contribution in [3.63, 3.8) is 0 Å². The van der Waals surface area contributed by atoms with E-state index in [1.54, 1.807) is 0 Å². The summed E-state index contributed by atoms with van der Waals surface area (Å²) >= 11 is 5.79. The molecule has 1 aliphatic rings. The lowest BCUT2D eigenvalue weighted by Gasteiger charge is -2.14. The van der Waals surface area contributed by atoms with Crippen molar-refractivity contribution in [1.82, 2.24) is 5.32 Å². The van der Waals surface area contributed by atoms with E-state index in [0.717, 1.165) is 24.4 Å². The number of aliphatic hydroxyl groups is 1. The van der Waals surface area contributed by atoms with E-state index in [1.165, 1.54) is 5.56 Å². The SMILES string of the molecule is OC1CCNC1Cc1ccc(Cl)cc1. The number of hydrogen-bond donors (Lipinski definition) is 2. The second-order valence-corrected chi connectivity index (χ2v) is 4.18. The molecule has 76 valence electrons. The fourth-order valence-electron chi connectivity index (χ4n) is 1.84. The molecule has 1 saturated heterocycles. The second-order valence-electron chi connectivity index (χ2n) is 3.75. The van der Waals surface area contributed by atoms with Gasteiger partial charge in [0.25, 0.3) is 0 Å². The molecule has 0 aromatic heterocycles. The smallest absolute Gasteiger partial charge is 0.0708 e. The number of hydrogen-bond acceptors (Lipinski definition) is 2. The van der Waals surface area contributed by atoms with Crippen molar-refractivity contribution in [3.05, 3.63) is 34.9 Å². The van der Waals surface area contributed by atoms with Gasteiger partial charge in [-0.3, -0.25) is 0 Å². The lowest BCUT2D eigenvalue weighted by molar-refractivity contribution is 0.159. The van der Waals surface area contributed by atoms with Crippen LogP contribution in [0.5, 0.6) is 0 Å². The summed E-state index contributed by atoms with van der Waals surface area (Å²) in [6, 6.07) is 8.00. The largest absolute Gasteiger partial charge is 0.391 e. The van der Waals surface area contributed by atoms with Crippen molar-refractivity contribution < 1.29 is 5.11 Å². The van der Waals surface area contributed by atoms with E-state index in [9.17, 15) is 5.11 Å². The Morgan fingerprint density at radius 3 is 2.64 bits per heavy atom. The molecule has 1 fully saturated rings. The Hall–Kier alpha value is -0.570. The summed E-state index contributed by atoms with van der Waals surface area (Å²) in [4.78, 5) is 0. The molecule has 1 heterocycles. The fraction of sp³-hybridized carbons (Fsp3) is 0.455. The van der Waals surface area contributed by atoms with Gasteiger partial charge in [-0.25, -0.2) is 0 Å². The van der Waals surface area contributed by atoms with Crippen LogP contribution in [0.25, 0.3) is 0 Å². The van der Waals surface area contributed by atoms with E-state index in [1.807, 2.05) is 24.3 Å². The van der Waals surface area contributed by atoms with Crippen LogP contribution in [0.15, 0.2) is 24.3 Å². The van der Waals surface area contributed by atoms with Gasteiger partial charge in [-0.2, -0.15) is 0 Å². The maximum Gasteiger partial charge on any atom is 0.0708 e. The van der Waals surface area contributed by atoms with Crippen LogP contribution in [0.3, 0.4) is 0 Å². The Morgan fingerprint density at radius 2 is 2.07 bits per heavy atom. The highest BCUT2D eigenvalue weighted by atomic mass is 35.5. The van der Waals surface area contributed by atoms with Crippen molar-refractivity contribution in [1.29, 1.82) is 0 Å². The van der Waals surface area contributed by atoms with Gasteiger partial charge < -0.3 is 10.4 Å². The summed E-state index contributed by atoms with van der Waals surface area (Å²) in [5.74, 6) is 0. The molecule has 0 amide bonds. The molecule has 0 aliphatic carbocycles. The molecule has 2 N–H and O–H groups in total. The van der Waals surface area contributed by atoms with Crippen LogP contribution in [0.2, 0.25) is 5.02 Å². The van der Waals surface area contributed by atoms with Crippen LogP contribution in [0.4, 0.5) is 0 Å². The average molecular weight is 212 g/mol. The third-order valence-corrected chi connectivity index (χ3v) is 2.93. The lowest BCUT2D eigenvalue weighted by atomic mass is 10.0. The minimum absolute atomic E-state index is 0.203. The molecular weight excluding hydrogens is 198 g/mol. The molecular formula is C11H14ClNO. The van der Waals surface area contributed by atoms with Crippen LogP contribution in [-0.4, -0.2) is 23.8 Å². The average Bonchev–Trinajstić information content (AvgIpc) is 2.56. The van der Waals surface area contributed by atoms with Gasteiger partial charge in [-0.1, -0.05) is 23.7 Å². The maximum atomic E-state index is 9.62. The van der Waals surface area contributed by atoms with Crippen molar-refractivity contribution in [2.45, 2.75) is 25.0 Å². The number of nitrogens with one attached hydrogen (secondary N) is 1. The van der Waals surface area contributed by atoms with Gasteiger partial charge in [0.1, 0.15) is 0 Å². The molecule has 2 atom stereocenters. The minimum atomic E-state index is -0.203. The first-order valence-electron chi connectivity index (χ1n) is 4.91. The fourth-order valence-corrected chi connectivity index (χ4v) is 1.96. The van der Waals surface area contributed by atoms with E-state index in [-0.39, 0.29) is 12.1 Å². The van der Waals surface area contributed by atoms with Crippen molar-refractivity contribution in [2.75, 3.05) is 6.54 Å². The summed E-state index contributed by atoms with van der Waals surface area (Å²) in [6.45, 7) is 0.916. The Bertz CT molecular complexity index is 299. The quantitative estimate of drug-likeness (QED) is 0.779. The van der Waals surface area contributed by atoms with E-state index in [2.05, 4.69) is 5.32 Å². The molecule has 2 rings (SSSR count). The van der Waals surface area contributed by atoms with Crippen molar-refractivity contribution in [3.8, 4) is 0 Å². The first kappa shape index (κ1) is 9.97. The van der Waals surface area contributed by atoms with Crippen LogP contribution in [0.1, 0.15) is 12.0 Å². The summed E-state index contributed by atoms with van der Waals surface area (Å²) < 4.78 is 0. The van der Waals surface area contributed by atoms with Crippen LogP contribution >= 0.6 is 11.6 Å². The van der Waals surface area contributed by atoms with Gasteiger partial charge in [-0.15, -0.1) is 0 Å². The zero-order chi connectivity index (χ0) is 9.97. The molecule has 1 aliphatic heterocycles. The third-order valence-electron chi connectivity index (χ3n) is 2.68. The molecule has 2 nitrogen and oxygen atoms in total. The summed E-state index contributed by atoms with van der Waals surface area (Å²) in [7, 11) is 0. The predicted molar refractivity (Wildman–Crippen MR) is 57.6 cm³/mol. The van der Waals surface area contributed by atoms with Crippen molar-refractivity contribution >= 4 is 11.6 Å². The topological polar surface area (TPSA) is 32.3 Å². The molecule has 1 aromatic rings. The number of rotatable bonds is 2. The van der Waals surface area contributed by atoms with Gasteiger partial charge in [0.05, 0.1) is 6.10 Å². The highest BCUT2D eigenvalue weighted by Gasteiger charge is 2.24. The third kappa shape index (κ3) is 2.27. The molecule has 0 radical (unpaired) electrons. The van der Waals surface area contributed by atoms with Gasteiger partial charge in [0.15, 0.2) is 0 Å². The monoisotopic (exact) mass is 211 g/mol. The predicted octanol–water partition coefficient (Wildman–Crippen LogP) is 1.61. The zero-order valence-electron chi connectivity index (χ0n) is 7.91. The Morgan fingerprint density at radius 1 is 1.36 bits per heavy atom. The molecule has 0 bridgehead atoms. The van der Waals surface area contributed by atoms with Crippen LogP contribution < -0.4 is 5.32 Å². The normalized spacial score (nSPS) is 26.7. The highest BCUT2D eigenvalue weighted by Crippen LogP contribution is 2.15. The van der Waals surface area contributed by atoms with Crippen molar-refractivity contribution in [2.24, 2.45) is 0 Å². The molecule has 14 heavy (non-hydrogen) atoms. The summed E-state index contributed by atoms with van der Waals surface area (Å²) in [5.41, 5.74) is 1.22. The van der Waals surface area contributed by atoms with Crippen LogP contribution in [-0.2, 0) is 6.42 Å². The highest BCUT2D eigenvalue weighted by molar-refractivity contribution is 6.30. The standard InChI is InChI=1S/C11H14ClNO/c12-9-3-1-8(2-4-9)7-10-11(14)5-6-13-10/h1-4,10-11,13-14H,5-7H2. The van der Waals surface area contributed by atoms with Gasteiger partial charge in [-0.05, 0) is 37.1 Å².